The van der Waals surface area contributed by atoms with Crippen molar-refractivity contribution in [3.05, 3.63) is 69.7 Å². The van der Waals surface area contributed by atoms with Crippen LogP contribution in [0.5, 0.6) is 0 Å². The predicted octanol–water partition coefficient (Wildman–Crippen LogP) is 1.94. The lowest BCUT2D eigenvalue weighted by Gasteiger charge is -2.16. The van der Waals surface area contributed by atoms with Crippen molar-refractivity contribution in [2.45, 2.75) is 18.9 Å². The van der Waals surface area contributed by atoms with Crippen LogP contribution in [0.4, 0.5) is 4.39 Å². The molecule has 0 bridgehead atoms. The molecule has 3 rings (SSSR count). The van der Waals surface area contributed by atoms with Crippen LogP contribution in [0.25, 0.3) is 10.4 Å². The Morgan fingerprint density at radius 1 is 1.38 bits per heavy atom. The zero-order valence-electron chi connectivity index (χ0n) is 15.2. The Kier molecular flexibility index (Phi) is 7.82. The summed E-state index contributed by atoms with van der Waals surface area (Å²) in [6.45, 7) is 0.0542. The second-order valence-electron chi connectivity index (χ2n) is 6.14. The topological polar surface area (TPSA) is 133 Å². The largest absolute Gasteiger partial charge is 0.369 e. The summed E-state index contributed by atoms with van der Waals surface area (Å²) in [4.78, 5) is 29.1. The van der Waals surface area contributed by atoms with Gasteiger partial charge in [-0.05, 0) is 41.8 Å². The van der Waals surface area contributed by atoms with Gasteiger partial charge in [-0.1, -0.05) is 0 Å². The van der Waals surface area contributed by atoms with Crippen LogP contribution in [0.1, 0.15) is 23.0 Å². The van der Waals surface area contributed by atoms with Gasteiger partial charge in [0, 0.05) is 22.5 Å². The third kappa shape index (κ3) is 5.37. The molecule has 3 heterocycles. The van der Waals surface area contributed by atoms with Gasteiger partial charge in [0.25, 0.3) is 0 Å². The lowest BCUT2D eigenvalue weighted by atomic mass is 10.1. The first-order valence-electron chi connectivity index (χ1n) is 8.45. The lowest BCUT2D eigenvalue weighted by Crippen LogP contribution is -2.23. The summed E-state index contributed by atoms with van der Waals surface area (Å²) in [6.07, 6.45) is 3.78. The molecule has 0 spiro atoms. The van der Waals surface area contributed by atoms with E-state index in [1.54, 1.807) is 12.3 Å². The van der Waals surface area contributed by atoms with E-state index in [9.17, 15) is 14.0 Å². The Bertz CT molecular complexity index is 1060. The molecule has 3 aromatic rings. The SMILES string of the molecule is Cl.NC/C(=C\F)CC(c1ccc(-c2ccnc(CC(N)=O)c2)s1)n1cn[nH]c1=O. The van der Waals surface area contributed by atoms with E-state index >= 15 is 0 Å². The first-order chi connectivity index (χ1) is 13.5. The number of aromatic amines is 1. The van der Waals surface area contributed by atoms with Crippen molar-refractivity contribution < 1.29 is 9.18 Å². The normalized spacial score (nSPS) is 12.4. The molecule has 5 N–H and O–H groups in total. The number of primary amides is 1. The zero-order chi connectivity index (χ0) is 20.1. The standard InChI is InChI=1S/C18H19FN6O2S.ClH/c19-8-11(9-20)5-14(25-10-23-24-18(25)27)16-2-1-15(28-16)12-3-4-22-13(6-12)7-17(21)26;/h1-4,6,8,10,14H,5,7,9,20H2,(H2,21,26)(H,24,27);1H/b11-8-;. The number of nitrogens with one attached hydrogen (secondary N) is 1. The first-order valence-corrected chi connectivity index (χ1v) is 9.26. The number of hydrogen-bond donors (Lipinski definition) is 3. The van der Waals surface area contributed by atoms with Crippen LogP contribution in [0.15, 0.2) is 53.5 Å². The average molecular weight is 439 g/mol. The number of halogens is 2. The molecule has 154 valence electrons. The molecule has 1 amide bonds. The van der Waals surface area contributed by atoms with Crippen molar-refractivity contribution >= 4 is 29.7 Å². The number of amides is 1. The number of thiophene rings is 1. The van der Waals surface area contributed by atoms with Crippen molar-refractivity contribution in [2.24, 2.45) is 11.5 Å². The van der Waals surface area contributed by atoms with Gasteiger partial charge >= 0.3 is 5.69 Å². The molecular formula is C18H20ClFN6O2S. The lowest BCUT2D eigenvalue weighted by molar-refractivity contribution is -0.117. The fraction of sp³-hybridized carbons (Fsp3) is 0.222. The zero-order valence-corrected chi connectivity index (χ0v) is 16.9. The fourth-order valence-electron chi connectivity index (χ4n) is 2.83. The van der Waals surface area contributed by atoms with Gasteiger partial charge in [-0.25, -0.2) is 14.3 Å². The molecular weight excluding hydrogens is 419 g/mol. The molecule has 29 heavy (non-hydrogen) atoms. The summed E-state index contributed by atoms with van der Waals surface area (Å²) in [5, 5.41) is 6.12. The Labute approximate surface area is 175 Å². The van der Waals surface area contributed by atoms with E-state index in [-0.39, 0.29) is 37.5 Å². The molecule has 0 aromatic carbocycles. The number of nitrogens with zero attached hydrogens (tertiary/aromatic N) is 3. The van der Waals surface area contributed by atoms with Crippen LogP contribution in [-0.2, 0) is 11.2 Å². The maximum atomic E-state index is 13.1. The second-order valence-corrected chi connectivity index (χ2v) is 7.26. The van der Waals surface area contributed by atoms with E-state index in [0.29, 0.717) is 17.6 Å². The van der Waals surface area contributed by atoms with Crippen molar-refractivity contribution in [2.75, 3.05) is 6.54 Å². The highest BCUT2D eigenvalue weighted by molar-refractivity contribution is 7.15. The van der Waals surface area contributed by atoms with E-state index in [4.69, 9.17) is 11.5 Å². The Balaban J connectivity index is 0.00000300. The van der Waals surface area contributed by atoms with Crippen molar-refractivity contribution in [3.63, 3.8) is 0 Å². The van der Waals surface area contributed by atoms with Gasteiger partial charge in [0.1, 0.15) is 6.33 Å². The third-order valence-corrected chi connectivity index (χ3v) is 5.43. The maximum Gasteiger partial charge on any atom is 0.343 e. The summed E-state index contributed by atoms with van der Waals surface area (Å²) in [7, 11) is 0. The minimum atomic E-state index is -0.455. The molecule has 8 nitrogen and oxygen atoms in total. The molecule has 0 saturated carbocycles. The van der Waals surface area contributed by atoms with Crippen LogP contribution >= 0.6 is 23.7 Å². The summed E-state index contributed by atoms with van der Waals surface area (Å²) in [5.41, 5.74) is 12.3. The average Bonchev–Trinajstić information content (AvgIpc) is 3.32. The van der Waals surface area contributed by atoms with E-state index in [2.05, 4.69) is 15.2 Å². The van der Waals surface area contributed by atoms with Gasteiger partial charge in [-0.15, -0.1) is 23.7 Å². The number of aromatic nitrogens is 4. The summed E-state index contributed by atoms with van der Waals surface area (Å²) in [6, 6.07) is 6.97. The van der Waals surface area contributed by atoms with Crippen LogP contribution in [0.2, 0.25) is 0 Å². The third-order valence-electron chi connectivity index (χ3n) is 4.20. The Hall–Kier alpha value is -2.82. The molecule has 0 aliphatic rings. The highest BCUT2D eigenvalue weighted by Crippen LogP contribution is 2.35. The van der Waals surface area contributed by atoms with Crippen LogP contribution in [0, 0.1) is 0 Å². The number of rotatable bonds is 8. The first kappa shape index (κ1) is 22.5. The highest BCUT2D eigenvalue weighted by atomic mass is 35.5. The minimum Gasteiger partial charge on any atom is -0.369 e. The van der Waals surface area contributed by atoms with Crippen LogP contribution in [0.3, 0.4) is 0 Å². The summed E-state index contributed by atoms with van der Waals surface area (Å²) >= 11 is 1.46. The number of carbonyl (C=O) groups excluding carboxylic acids is 1. The molecule has 0 aliphatic heterocycles. The van der Waals surface area contributed by atoms with Crippen LogP contribution in [-0.4, -0.2) is 32.2 Å². The van der Waals surface area contributed by atoms with E-state index in [1.807, 2.05) is 18.2 Å². The molecule has 1 atom stereocenters. The maximum absolute atomic E-state index is 13.1. The molecule has 0 aliphatic carbocycles. The molecule has 11 heteroatoms. The molecule has 0 fully saturated rings. The van der Waals surface area contributed by atoms with E-state index in [0.717, 1.165) is 15.3 Å². The minimum absolute atomic E-state index is 0. The predicted molar refractivity (Wildman–Crippen MR) is 112 cm³/mol. The molecule has 1 unspecified atom stereocenters. The number of carbonyl (C=O) groups is 1. The van der Waals surface area contributed by atoms with Crippen LogP contribution < -0.4 is 17.2 Å². The quantitative estimate of drug-likeness (QED) is 0.494. The number of nitrogens with two attached hydrogens (primary N) is 2. The number of pyridine rings is 1. The molecule has 0 radical (unpaired) electrons. The molecule has 3 aromatic heterocycles. The summed E-state index contributed by atoms with van der Waals surface area (Å²) < 4.78 is 14.5. The van der Waals surface area contributed by atoms with Gasteiger partial charge in [0.05, 0.1) is 24.5 Å². The van der Waals surface area contributed by atoms with E-state index in [1.165, 1.54) is 22.2 Å². The number of H-pyrrole nitrogens is 1. The smallest absolute Gasteiger partial charge is 0.343 e. The summed E-state index contributed by atoms with van der Waals surface area (Å²) in [5.74, 6) is -0.455. The highest BCUT2D eigenvalue weighted by Gasteiger charge is 2.20. The van der Waals surface area contributed by atoms with E-state index < -0.39 is 11.9 Å². The van der Waals surface area contributed by atoms with Gasteiger partial charge in [-0.2, -0.15) is 5.10 Å². The monoisotopic (exact) mass is 438 g/mol. The fourth-order valence-corrected chi connectivity index (χ4v) is 3.93. The van der Waals surface area contributed by atoms with Gasteiger partial charge in [0.15, 0.2) is 0 Å². The van der Waals surface area contributed by atoms with Gasteiger partial charge < -0.3 is 11.5 Å². The molecule has 0 saturated heterocycles. The van der Waals surface area contributed by atoms with Crippen molar-refractivity contribution in [1.29, 1.82) is 0 Å². The van der Waals surface area contributed by atoms with Crippen molar-refractivity contribution in [3.8, 4) is 10.4 Å². The Morgan fingerprint density at radius 3 is 2.79 bits per heavy atom. The van der Waals surface area contributed by atoms with Gasteiger partial charge in [-0.3, -0.25) is 14.3 Å². The Morgan fingerprint density at radius 2 is 2.17 bits per heavy atom. The number of hydrogen-bond acceptors (Lipinski definition) is 6. The van der Waals surface area contributed by atoms with Crippen molar-refractivity contribution in [1.82, 2.24) is 19.7 Å². The van der Waals surface area contributed by atoms with Gasteiger partial charge in [0.2, 0.25) is 5.91 Å². The second kappa shape index (κ2) is 10.1.